The molecule has 18 heavy (non-hydrogen) atoms. The van der Waals surface area contributed by atoms with Crippen LogP contribution < -0.4 is 5.32 Å². The lowest BCUT2D eigenvalue weighted by Gasteiger charge is -2.24. The third-order valence-electron chi connectivity index (χ3n) is 3.95. The van der Waals surface area contributed by atoms with Crippen molar-refractivity contribution in [2.75, 3.05) is 20.6 Å². The number of nitrogens with one attached hydrogen (secondary N) is 1. The van der Waals surface area contributed by atoms with Gasteiger partial charge in [0.05, 0.1) is 0 Å². The van der Waals surface area contributed by atoms with E-state index in [0.29, 0.717) is 12.1 Å². The van der Waals surface area contributed by atoms with Gasteiger partial charge < -0.3 is 10.2 Å². The van der Waals surface area contributed by atoms with Crippen LogP contribution >= 0.6 is 0 Å². The number of hydrogen-bond acceptors (Lipinski definition) is 2. The van der Waals surface area contributed by atoms with E-state index in [1.54, 1.807) is 0 Å². The molecule has 0 aromatic heterocycles. The number of nitrogens with zero attached hydrogens (tertiary/aromatic N) is 1. The summed E-state index contributed by atoms with van der Waals surface area (Å²) in [5, 5.41) is 3.63. The van der Waals surface area contributed by atoms with Crippen LogP contribution in [0.1, 0.15) is 42.1 Å². The van der Waals surface area contributed by atoms with Crippen LogP contribution in [0.4, 0.5) is 0 Å². The van der Waals surface area contributed by atoms with Gasteiger partial charge in [0, 0.05) is 18.6 Å². The molecule has 0 saturated heterocycles. The average Bonchev–Trinajstić information content (AvgIpc) is 2.30. The molecule has 0 heterocycles. The molecule has 1 aromatic carbocycles. The highest BCUT2D eigenvalue weighted by Crippen LogP contribution is 2.21. The third-order valence-corrected chi connectivity index (χ3v) is 3.95. The smallest absolute Gasteiger partial charge is 0.0295 e. The van der Waals surface area contributed by atoms with Gasteiger partial charge in [0.25, 0.3) is 0 Å². The minimum atomic E-state index is 0.409. The standard InChI is InChI=1S/C16H28N2/c1-11-8-13(3)16(9-12(11)2)15(5)17-10-14(4)18(6)7/h8-9,14-15,17H,10H2,1-7H3. The number of rotatable bonds is 5. The normalized spacial score (nSPS) is 14.9. The van der Waals surface area contributed by atoms with E-state index in [-0.39, 0.29) is 0 Å². The minimum Gasteiger partial charge on any atom is -0.309 e. The lowest BCUT2D eigenvalue weighted by atomic mass is 9.96. The molecule has 1 aromatic rings. The zero-order valence-corrected chi connectivity index (χ0v) is 13.0. The Morgan fingerprint density at radius 3 is 2.11 bits per heavy atom. The predicted octanol–water partition coefficient (Wildman–Crippen LogP) is 3.21. The maximum Gasteiger partial charge on any atom is 0.0295 e. The summed E-state index contributed by atoms with van der Waals surface area (Å²) < 4.78 is 0. The molecule has 0 aliphatic rings. The fourth-order valence-electron chi connectivity index (χ4n) is 2.09. The van der Waals surface area contributed by atoms with E-state index in [2.05, 4.69) is 71.1 Å². The summed E-state index contributed by atoms with van der Waals surface area (Å²) in [6.45, 7) is 12.1. The molecule has 1 N–H and O–H groups in total. The van der Waals surface area contributed by atoms with Crippen LogP contribution in [0.5, 0.6) is 0 Å². The van der Waals surface area contributed by atoms with Crippen molar-refractivity contribution in [3.8, 4) is 0 Å². The molecule has 0 fully saturated rings. The lowest BCUT2D eigenvalue weighted by Crippen LogP contribution is -2.36. The van der Waals surface area contributed by atoms with Crippen molar-refractivity contribution in [2.24, 2.45) is 0 Å². The molecule has 0 saturated carbocycles. The second-order valence-electron chi connectivity index (χ2n) is 5.74. The second kappa shape index (κ2) is 6.35. The molecule has 0 radical (unpaired) electrons. The third kappa shape index (κ3) is 3.82. The summed E-state index contributed by atoms with van der Waals surface area (Å²) >= 11 is 0. The fourth-order valence-corrected chi connectivity index (χ4v) is 2.09. The van der Waals surface area contributed by atoms with Crippen molar-refractivity contribution in [3.05, 3.63) is 34.4 Å². The van der Waals surface area contributed by atoms with Gasteiger partial charge in [-0.25, -0.2) is 0 Å². The molecule has 2 atom stereocenters. The number of likely N-dealkylation sites (N-methyl/N-ethyl adjacent to an activating group) is 1. The zero-order chi connectivity index (χ0) is 13.9. The highest BCUT2D eigenvalue weighted by Gasteiger charge is 2.11. The Labute approximate surface area is 112 Å². The van der Waals surface area contributed by atoms with Crippen LogP contribution in [0, 0.1) is 20.8 Å². The first-order valence-corrected chi connectivity index (χ1v) is 6.80. The van der Waals surface area contributed by atoms with Crippen LogP contribution in [0.3, 0.4) is 0 Å². The molecule has 0 aliphatic heterocycles. The van der Waals surface area contributed by atoms with Gasteiger partial charge in [0.2, 0.25) is 0 Å². The molecule has 0 amide bonds. The van der Waals surface area contributed by atoms with Gasteiger partial charge in [-0.2, -0.15) is 0 Å². The van der Waals surface area contributed by atoms with Crippen LogP contribution in [-0.2, 0) is 0 Å². The summed E-state index contributed by atoms with van der Waals surface area (Å²) in [5.41, 5.74) is 5.56. The summed E-state index contributed by atoms with van der Waals surface area (Å²) in [6.07, 6.45) is 0. The van der Waals surface area contributed by atoms with E-state index in [9.17, 15) is 0 Å². The highest BCUT2D eigenvalue weighted by molar-refractivity contribution is 5.38. The van der Waals surface area contributed by atoms with Gasteiger partial charge in [-0.15, -0.1) is 0 Å². The van der Waals surface area contributed by atoms with E-state index < -0.39 is 0 Å². The SMILES string of the molecule is Cc1cc(C)c(C(C)NCC(C)N(C)C)cc1C. The van der Waals surface area contributed by atoms with Crippen molar-refractivity contribution in [3.63, 3.8) is 0 Å². The zero-order valence-electron chi connectivity index (χ0n) is 13.0. The Hall–Kier alpha value is -0.860. The van der Waals surface area contributed by atoms with Crippen molar-refractivity contribution in [1.29, 1.82) is 0 Å². The van der Waals surface area contributed by atoms with Crippen molar-refractivity contribution in [2.45, 2.75) is 46.7 Å². The Kier molecular flexibility index (Phi) is 5.36. The second-order valence-corrected chi connectivity index (χ2v) is 5.74. The topological polar surface area (TPSA) is 15.3 Å². The lowest BCUT2D eigenvalue weighted by molar-refractivity contribution is 0.295. The van der Waals surface area contributed by atoms with Crippen LogP contribution in [0.25, 0.3) is 0 Å². The molecular weight excluding hydrogens is 220 g/mol. The monoisotopic (exact) mass is 248 g/mol. The molecule has 2 unspecified atom stereocenters. The molecule has 1 rings (SSSR count). The van der Waals surface area contributed by atoms with Gasteiger partial charge in [-0.1, -0.05) is 12.1 Å². The first-order chi connectivity index (χ1) is 8.32. The fraction of sp³-hybridized carbons (Fsp3) is 0.625. The summed E-state index contributed by atoms with van der Waals surface area (Å²) in [7, 11) is 4.25. The summed E-state index contributed by atoms with van der Waals surface area (Å²) in [5.74, 6) is 0. The molecule has 2 heteroatoms. The number of benzene rings is 1. The van der Waals surface area contributed by atoms with E-state index in [1.807, 2.05) is 0 Å². The highest BCUT2D eigenvalue weighted by atomic mass is 15.1. The van der Waals surface area contributed by atoms with E-state index in [0.717, 1.165) is 6.54 Å². The van der Waals surface area contributed by atoms with Crippen LogP contribution in [0.2, 0.25) is 0 Å². The van der Waals surface area contributed by atoms with Crippen LogP contribution in [-0.4, -0.2) is 31.6 Å². The van der Waals surface area contributed by atoms with Gasteiger partial charge in [-0.3, -0.25) is 0 Å². The first-order valence-electron chi connectivity index (χ1n) is 6.80. The Bertz CT molecular complexity index is 396. The van der Waals surface area contributed by atoms with Crippen molar-refractivity contribution >= 4 is 0 Å². The minimum absolute atomic E-state index is 0.409. The molecule has 0 spiro atoms. The predicted molar refractivity (Wildman–Crippen MR) is 80.2 cm³/mol. The van der Waals surface area contributed by atoms with Crippen molar-refractivity contribution < 1.29 is 0 Å². The van der Waals surface area contributed by atoms with E-state index >= 15 is 0 Å². The molecule has 102 valence electrons. The van der Waals surface area contributed by atoms with E-state index in [1.165, 1.54) is 22.3 Å². The molecular formula is C16H28N2. The average molecular weight is 248 g/mol. The maximum atomic E-state index is 3.63. The summed E-state index contributed by atoms with van der Waals surface area (Å²) in [4.78, 5) is 2.24. The molecule has 0 aliphatic carbocycles. The first kappa shape index (κ1) is 15.2. The van der Waals surface area contributed by atoms with Crippen LogP contribution in [0.15, 0.2) is 12.1 Å². The molecule has 2 nitrogen and oxygen atoms in total. The maximum absolute atomic E-state index is 3.63. The number of hydrogen-bond donors (Lipinski definition) is 1. The number of aryl methyl sites for hydroxylation is 3. The summed E-state index contributed by atoms with van der Waals surface area (Å²) in [6, 6.07) is 5.58. The van der Waals surface area contributed by atoms with E-state index in [4.69, 9.17) is 0 Å². The van der Waals surface area contributed by atoms with Crippen molar-refractivity contribution in [1.82, 2.24) is 10.2 Å². The van der Waals surface area contributed by atoms with Gasteiger partial charge in [-0.05, 0) is 71.0 Å². The largest absolute Gasteiger partial charge is 0.309 e. The molecule has 0 bridgehead atoms. The van der Waals surface area contributed by atoms with Gasteiger partial charge in [0.15, 0.2) is 0 Å². The Morgan fingerprint density at radius 2 is 1.56 bits per heavy atom. The Morgan fingerprint density at radius 1 is 1.00 bits per heavy atom. The van der Waals surface area contributed by atoms with Gasteiger partial charge in [0.1, 0.15) is 0 Å². The van der Waals surface area contributed by atoms with Gasteiger partial charge >= 0.3 is 0 Å². The quantitative estimate of drug-likeness (QED) is 0.861. The Balaban J connectivity index is 2.72.